The Bertz CT molecular complexity index is 927. The molecule has 26 heavy (non-hydrogen) atoms. The van der Waals surface area contributed by atoms with Crippen LogP contribution in [0.3, 0.4) is 0 Å². The molecular weight excluding hydrogens is 326 g/mol. The van der Waals surface area contributed by atoms with Crippen LogP contribution in [0.1, 0.15) is 25.0 Å². The molecule has 4 heterocycles. The van der Waals surface area contributed by atoms with E-state index in [1.165, 1.54) is 19.3 Å². The predicted molar refractivity (Wildman–Crippen MR) is 101 cm³/mol. The summed E-state index contributed by atoms with van der Waals surface area (Å²) < 4.78 is 1.77. The van der Waals surface area contributed by atoms with Crippen LogP contribution in [0.2, 0.25) is 0 Å². The van der Waals surface area contributed by atoms with Crippen molar-refractivity contribution >= 4 is 16.7 Å². The number of likely N-dealkylation sites (tertiary alicyclic amines) is 1. The van der Waals surface area contributed by atoms with Crippen molar-refractivity contribution < 1.29 is 4.79 Å². The number of hydrogen-bond donors (Lipinski definition) is 0. The van der Waals surface area contributed by atoms with E-state index in [2.05, 4.69) is 26.0 Å². The van der Waals surface area contributed by atoms with Crippen molar-refractivity contribution in [2.45, 2.75) is 25.7 Å². The lowest BCUT2D eigenvalue weighted by Gasteiger charge is -2.25. The summed E-state index contributed by atoms with van der Waals surface area (Å²) in [6.45, 7) is 2.61. The zero-order valence-electron chi connectivity index (χ0n) is 15.1. The molecule has 0 aliphatic carbocycles. The number of carbonyl (C=O) groups excluding carboxylic acids is 1. The monoisotopic (exact) mass is 349 g/mol. The minimum Gasteiger partial charge on any atom is -0.298 e. The third-order valence-corrected chi connectivity index (χ3v) is 4.89. The van der Waals surface area contributed by atoms with Gasteiger partial charge in [0.25, 0.3) is 0 Å². The first-order valence-electron chi connectivity index (χ1n) is 9.15. The number of fused-ring (bicyclic) bond motifs is 1. The van der Waals surface area contributed by atoms with E-state index in [0.717, 1.165) is 40.8 Å². The molecule has 0 saturated carbocycles. The lowest BCUT2D eigenvalue weighted by Crippen LogP contribution is -2.35. The lowest BCUT2D eigenvalue weighted by atomic mass is 10.1. The first-order chi connectivity index (χ1) is 12.7. The van der Waals surface area contributed by atoms with Crippen LogP contribution >= 0.6 is 0 Å². The van der Waals surface area contributed by atoms with E-state index in [1.807, 2.05) is 31.7 Å². The summed E-state index contributed by atoms with van der Waals surface area (Å²) in [4.78, 5) is 23.6. The highest BCUT2D eigenvalue weighted by Crippen LogP contribution is 2.22. The predicted octanol–water partition coefficient (Wildman–Crippen LogP) is 2.63. The van der Waals surface area contributed by atoms with E-state index in [9.17, 15) is 4.79 Å². The summed E-state index contributed by atoms with van der Waals surface area (Å²) in [5.74, 6) is 0.232. The third kappa shape index (κ3) is 3.80. The summed E-state index contributed by atoms with van der Waals surface area (Å²) in [5, 5.41) is 5.21. The highest BCUT2D eigenvalue weighted by Gasteiger charge is 2.15. The topological polar surface area (TPSA) is 63.9 Å². The van der Waals surface area contributed by atoms with Crippen molar-refractivity contribution in [1.82, 2.24) is 24.6 Å². The van der Waals surface area contributed by atoms with Crippen molar-refractivity contribution in [3.05, 3.63) is 42.6 Å². The second kappa shape index (κ2) is 7.33. The molecule has 6 heteroatoms. The Balaban J connectivity index is 1.51. The lowest BCUT2D eigenvalue weighted by molar-refractivity contribution is -0.119. The van der Waals surface area contributed by atoms with Crippen LogP contribution in [0.15, 0.2) is 36.9 Å². The molecule has 1 saturated heterocycles. The molecule has 0 radical (unpaired) electrons. The minimum atomic E-state index is 0.232. The average molecular weight is 349 g/mol. The van der Waals surface area contributed by atoms with Gasteiger partial charge in [-0.15, -0.1) is 0 Å². The zero-order chi connectivity index (χ0) is 17.9. The van der Waals surface area contributed by atoms with Gasteiger partial charge in [-0.05, 0) is 38.1 Å². The van der Waals surface area contributed by atoms with Crippen LogP contribution in [-0.4, -0.2) is 50.1 Å². The highest BCUT2D eigenvalue weighted by molar-refractivity contribution is 5.86. The molecule has 1 aliphatic rings. The van der Waals surface area contributed by atoms with Gasteiger partial charge in [0.2, 0.25) is 0 Å². The van der Waals surface area contributed by atoms with Crippen molar-refractivity contribution in [3.8, 4) is 11.1 Å². The molecule has 6 nitrogen and oxygen atoms in total. The normalized spacial score (nSPS) is 15.4. The maximum absolute atomic E-state index is 12.4. The second-order valence-corrected chi connectivity index (χ2v) is 7.05. The van der Waals surface area contributed by atoms with Crippen LogP contribution in [0, 0.1) is 0 Å². The Hall–Kier alpha value is -2.60. The van der Waals surface area contributed by atoms with E-state index in [4.69, 9.17) is 0 Å². The van der Waals surface area contributed by atoms with Crippen molar-refractivity contribution in [2.24, 2.45) is 7.05 Å². The van der Waals surface area contributed by atoms with Crippen LogP contribution in [0.5, 0.6) is 0 Å². The van der Waals surface area contributed by atoms with E-state index >= 15 is 0 Å². The molecule has 3 aromatic rings. The van der Waals surface area contributed by atoms with Gasteiger partial charge in [-0.25, -0.2) is 0 Å². The number of rotatable bonds is 5. The van der Waals surface area contributed by atoms with E-state index in [0.29, 0.717) is 13.0 Å². The Morgan fingerprint density at radius 1 is 1.04 bits per heavy atom. The first-order valence-corrected chi connectivity index (χ1v) is 9.15. The first kappa shape index (κ1) is 16.8. The Morgan fingerprint density at radius 3 is 2.65 bits per heavy atom. The van der Waals surface area contributed by atoms with Gasteiger partial charge in [-0.1, -0.05) is 6.42 Å². The fourth-order valence-electron chi connectivity index (χ4n) is 3.53. The standard InChI is InChI=1S/C20H23N5O/c1-24-13-17(11-23-24)16-7-15-8-18(21-12-20(15)22-10-16)9-19(26)14-25-5-3-2-4-6-25/h7-8,10-13H,2-6,9,14H2,1H3. The van der Waals surface area contributed by atoms with Gasteiger partial charge in [0.05, 0.1) is 30.9 Å². The molecule has 0 bridgehead atoms. The molecule has 1 fully saturated rings. The summed E-state index contributed by atoms with van der Waals surface area (Å²) >= 11 is 0. The summed E-state index contributed by atoms with van der Waals surface area (Å²) in [7, 11) is 1.90. The SMILES string of the molecule is Cn1cc(-c2cnc3cnc(CC(=O)CN4CCCCC4)cc3c2)cn1. The number of piperidine rings is 1. The highest BCUT2D eigenvalue weighted by atomic mass is 16.1. The fraction of sp³-hybridized carbons (Fsp3) is 0.400. The van der Waals surface area contributed by atoms with Crippen molar-refractivity contribution in [2.75, 3.05) is 19.6 Å². The molecular formula is C20H23N5O. The number of carbonyl (C=O) groups is 1. The van der Waals surface area contributed by atoms with E-state index in [-0.39, 0.29) is 5.78 Å². The van der Waals surface area contributed by atoms with Gasteiger partial charge in [-0.3, -0.25) is 24.3 Å². The molecule has 4 rings (SSSR count). The smallest absolute Gasteiger partial charge is 0.152 e. The van der Waals surface area contributed by atoms with Crippen LogP contribution in [0.25, 0.3) is 22.0 Å². The molecule has 0 amide bonds. The number of Topliss-reactive ketones (excluding diaryl/α,β-unsaturated/α-hetero) is 1. The maximum atomic E-state index is 12.4. The van der Waals surface area contributed by atoms with Crippen molar-refractivity contribution in [1.29, 1.82) is 0 Å². The van der Waals surface area contributed by atoms with E-state index < -0.39 is 0 Å². The quantitative estimate of drug-likeness (QED) is 0.708. The molecule has 3 aromatic heterocycles. The van der Waals surface area contributed by atoms with Crippen LogP contribution < -0.4 is 0 Å². The molecule has 0 aromatic carbocycles. The van der Waals surface area contributed by atoms with Gasteiger partial charge >= 0.3 is 0 Å². The van der Waals surface area contributed by atoms with Gasteiger partial charge in [0.15, 0.2) is 5.78 Å². The summed E-state index contributed by atoms with van der Waals surface area (Å²) in [6, 6.07) is 4.07. The number of aryl methyl sites for hydroxylation is 1. The number of nitrogens with zero attached hydrogens (tertiary/aromatic N) is 5. The second-order valence-electron chi connectivity index (χ2n) is 7.05. The van der Waals surface area contributed by atoms with E-state index in [1.54, 1.807) is 10.9 Å². The van der Waals surface area contributed by atoms with Gasteiger partial charge in [0.1, 0.15) is 0 Å². The number of aromatic nitrogens is 4. The van der Waals surface area contributed by atoms with Gasteiger partial charge < -0.3 is 0 Å². The fourth-order valence-corrected chi connectivity index (χ4v) is 3.53. The van der Waals surface area contributed by atoms with Crippen LogP contribution in [-0.2, 0) is 18.3 Å². The molecule has 0 atom stereocenters. The Kier molecular flexibility index (Phi) is 4.75. The average Bonchev–Trinajstić information content (AvgIpc) is 3.08. The Morgan fingerprint density at radius 2 is 1.88 bits per heavy atom. The molecule has 1 aliphatic heterocycles. The molecule has 0 unspecified atom stereocenters. The van der Waals surface area contributed by atoms with Gasteiger partial charge in [-0.2, -0.15) is 5.10 Å². The summed E-state index contributed by atoms with van der Waals surface area (Å²) in [5.41, 5.74) is 3.69. The van der Waals surface area contributed by atoms with Crippen LogP contribution in [0.4, 0.5) is 0 Å². The molecule has 0 spiro atoms. The third-order valence-electron chi connectivity index (χ3n) is 4.89. The molecule has 0 N–H and O–H groups in total. The van der Waals surface area contributed by atoms with Gasteiger partial charge in [0, 0.05) is 41.6 Å². The number of hydrogen-bond acceptors (Lipinski definition) is 5. The molecule has 134 valence electrons. The maximum Gasteiger partial charge on any atom is 0.152 e. The number of pyridine rings is 2. The zero-order valence-corrected chi connectivity index (χ0v) is 15.1. The number of ketones is 1. The largest absolute Gasteiger partial charge is 0.298 e. The summed E-state index contributed by atoms with van der Waals surface area (Å²) in [6.07, 6.45) is 11.4. The minimum absolute atomic E-state index is 0.232. The van der Waals surface area contributed by atoms with Crippen molar-refractivity contribution in [3.63, 3.8) is 0 Å². The Labute approximate surface area is 152 Å².